The molecule has 0 aliphatic rings. The minimum absolute atomic E-state index is 0.0908. The van der Waals surface area contributed by atoms with Gasteiger partial charge in [-0.2, -0.15) is 0 Å². The molecule has 0 bridgehead atoms. The lowest BCUT2D eigenvalue weighted by molar-refractivity contribution is -0.385. The van der Waals surface area contributed by atoms with Crippen molar-refractivity contribution < 1.29 is 22.7 Å². The Hall–Kier alpha value is -7.51. The number of nitrogens with two attached hydrogens (primary N) is 1. The van der Waals surface area contributed by atoms with Gasteiger partial charge in [0.15, 0.2) is 0 Å². The molecule has 8 rings (SSSR count). The molecule has 0 saturated carbocycles. The molecular formula is C36H31ClFN11O6S. The second-order valence-corrected chi connectivity index (χ2v) is 13.3. The molecule has 17 nitrogen and oxygen atoms in total. The normalized spacial score (nSPS) is 10.1. The molecule has 0 spiro atoms. The summed E-state index contributed by atoms with van der Waals surface area (Å²) in [7, 11) is 1.55. The van der Waals surface area contributed by atoms with E-state index < -0.39 is 24.7 Å². The SMILES string of the molecule is Nc1ccc(-n2ccnc2)cc1.O=S(=O)(Cl)c1ccc(-n2ccnc2)cc1.O=[N+]([O-])c1ccc(-n2ccnc2)cc1.O=[N+]([O-])c1ccc(F)cc1.c1c[nH]cn1. The molecule has 0 unspecified atom stereocenters. The molecule has 56 heavy (non-hydrogen) atoms. The van der Waals surface area contributed by atoms with Crippen molar-refractivity contribution >= 4 is 36.8 Å². The number of aromatic nitrogens is 8. The summed E-state index contributed by atoms with van der Waals surface area (Å²) in [5.74, 6) is -0.467. The van der Waals surface area contributed by atoms with Crippen LogP contribution in [-0.4, -0.2) is 56.9 Å². The van der Waals surface area contributed by atoms with E-state index in [1.807, 2.05) is 35.0 Å². The lowest BCUT2D eigenvalue weighted by atomic mass is 10.3. The summed E-state index contributed by atoms with van der Waals surface area (Å²) in [5, 5.41) is 20.4. The number of nitrogens with zero attached hydrogens (tertiary/aromatic N) is 9. The first-order valence-corrected chi connectivity index (χ1v) is 18.1. The van der Waals surface area contributed by atoms with Crippen molar-refractivity contribution in [3.05, 3.63) is 198 Å². The van der Waals surface area contributed by atoms with E-state index in [1.54, 1.807) is 102 Å². The van der Waals surface area contributed by atoms with Gasteiger partial charge in [0.25, 0.3) is 20.4 Å². The molecule has 4 aromatic carbocycles. The maximum Gasteiger partial charge on any atom is 0.269 e. The van der Waals surface area contributed by atoms with Gasteiger partial charge in [-0.25, -0.2) is 32.7 Å². The molecule has 4 aromatic heterocycles. The van der Waals surface area contributed by atoms with Crippen molar-refractivity contribution in [2.45, 2.75) is 4.90 Å². The summed E-state index contributed by atoms with van der Waals surface area (Å²) in [4.78, 5) is 37.6. The Labute approximate surface area is 322 Å². The maximum absolute atomic E-state index is 12.1. The summed E-state index contributed by atoms with van der Waals surface area (Å²) in [6.07, 6.45) is 20.6. The van der Waals surface area contributed by atoms with Crippen LogP contribution in [0.1, 0.15) is 0 Å². The Bertz CT molecular complexity index is 2420. The maximum atomic E-state index is 12.1. The second kappa shape index (κ2) is 20.7. The minimum Gasteiger partial charge on any atom is -0.399 e. The molecule has 0 radical (unpaired) electrons. The third-order valence-electron chi connectivity index (χ3n) is 6.92. The van der Waals surface area contributed by atoms with Crippen LogP contribution in [0.2, 0.25) is 0 Å². The van der Waals surface area contributed by atoms with Gasteiger partial charge in [-0.15, -0.1) is 0 Å². The fourth-order valence-corrected chi connectivity index (χ4v) is 4.96. The predicted molar refractivity (Wildman–Crippen MR) is 206 cm³/mol. The number of aromatic amines is 1. The first kappa shape index (κ1) is 41.2. The Morgan fingerprint density at radius 2 is 1.00 bits per heavy atom. The number of hydrogen-bond donors (Lipinski definition) is 2. The van der Waals surface area contributed by atoms with E-state index in [2.05, 4.69) is 24.9 Å². The zero-order valence-electron chi connectivity index (χ0n) is 28.9. The van der Waals surface area contributed by atoms with Gasteiger partial charge in [0.05, 0.1) is 40.1 Å². The fourth-order valence-electron chi connectivity index (χ4n) is 4.19. The van der Waals surface area contributed by atoms with Crippen LogP contribution in [0.3, 0.4) is 0 Å². The van der Waals surface area contributed by atoms with Crippen molar-refractivity contribution in [2.24, 2.45) is 0 Å². The molecule has 20 heteroatoms. The lowest BCUT2D eigenvalue weighted by Crippen LogP contribution is -1.93. The smallest absolute Gasteiger partial charge is 0.269 e. The number of nitrogen functional groups attached to an aromatic ring is 1. The van der Waals surface area contributed by atoms with Gasteiger partial charge in [-0.3, -0.25) is 20.2 Å². The minimum atomic E-state index is -3.64. The van der Waals surface area contributed by atoms with E-state index in [0.717, 1.165) is 47.0 Å². The first-order chi connectivity index (χ1) is 26.9. The van der Waals surface area contributed by atoms with E-state index in [1.165, 1.54) is 24.3 Å². The number of H-pyrrole nitrogens is 1. The van der Waals surface area contributed by atoms with Crippen LogP contribution in [0.15, 0.2) is 177 Å². The number of anilines is 1. The summed E-state index contributed by atoms with van der Waals surface area (Å²) in [6, 6.07) is 24.5. The van der Waals surface area contributed by atoms with Gasteiger partial charge in [0, 0.05) is 107 Å². The third kappa shape index (κ3) is 13.5. The fraction of sp³-hybridized carbons (Fsp3) is 0. The summed E-state index contributed by atoms with van der Waals surface area (Å²) >= 11 is 0. The first-order valence-electron chi connectivity index (χ1n) is 15.8. The molecule has 0 amide bonds. The number of nitro groups is 2. The van der Waals surface area contributed by atoms with E-state index in [4.69, 9.17) is 16.4 Å². The zero-order chi connectivity index (χ0) is 40.3. The largest absolute Gasteiger partial charge is 0.399 e. The van der Waals surface area contributed by atoms with Gasteiger partial charge in [0.2, 0.25) is 0 Å². The number of nitro benzene ring substituents is 2. The summed E-state index contributed by atoms with van der Waals surface area (Å²) in [6.45, 7) is 0. The summed E-state index contributed by atoms with van der Waals surface area (Å²) < 4.78 is 39.6. The predicted octanol–water partition coefficient (Wildman–Crippen LogP) is 7.18. The molecule has 4 heterocycles. The third-order valence-corrected chi connectivity index (χ3v) is 8.29. The van der Waals surface area contributed by atoms with Crippen molar-refractivity contribution in [3.63, 3.8) is 0 Å². The Balaban J connectivity index is 0.000000160. The summed E-state index contributed by atoms with van der Waals surface area (Å²) in [5.41, 5.74) is 9.08. The van der Waals surface area contributed by atoms with Crippen molar-refractivity contribution in [2.75, 3.05) is 5.73 Å². The highest BCUT2D eigenvalue weighted by molar-refractivity contribution is 8.13. The van der Waals surface area contributed by atoms with Crippen molar-refractivity contribution in [1.82, 2.24) is 38.6 Å². The Morgan fingerprint density at radius 1 is 0.607 bits per heavy atom. The second-order valence-electron chi connectivity index (χ2n) is 10.7. The molecule has 0 fully saturated rings. The average Bonchev–Trinajstić information content (AvgIpc) is 4.05. The molecule has 3 N–H and O–H groups in total. The average molecular weight is 800 g/mol. The van der Waals surface area contributed by atoms with Crippen molar-refractivity contribution in [3.8, 4) is 17.1 Å². The van der Waals surface area contributed by atoms with E-state index >= 15 is 0 Å². The quantitative estimate of drug-likeness (QED) is 0.0741. The van der Waals surface area contributed by atoms with Crippen LogP contribution in [0.5, 0.6) is 0 Å². The number of imidazole rings is 4. The van der Waals surface area contributed by atoms with Crippen LogP contribution in [0.4, 0.5) is 21.5 Å². The molecule has 0 atom stereocenters. The molecular weight excluding hydrogens is 769 g/mol. The molecule has 286 valence electrons. The van der Waals surface area contributed by atoms with E-state index in [9.17, 15) is 33.0 Å². The van der Waals surface area contributed by atoms with Crippen LogP contribution in [-0.2, 0) is 9.05 Å². The number of hydrogen-bond acceptors (Lipinski definition) is 11. The van der Waals surface area contributed by atoms with Gasteiger partial charge < -0.3 is 24.4 Å². The van der Waals surface area contributed by atoms with Crippen molar-refractivity contribution in [1.29, 1.82) is 0 Å². The molecule has 0 aliphatic carbocycles. The van der Waals surface area contributed by atoms with Crippen LogP contribution >= 0.6 is 10.7 Å². The number of benzene rings is 4. The lowest BCUT2D eigenvalue weighted by Gasteiger charge is -2.02. The van der Waals surface area contributed by atoms with E-state index in [0.29, 0.717) is 0 Å². The Morgan fingerprint density at radius 3 is 1.30 bits per heavy atom. The standard InChI is InChI=1S/C9H7ClN2O2S.C9H7N3O2.C9H9N3.C6H4FNO2.C3H4N2/c10-15(13,14)9-3-1-8(2-4-9)12-6-5-11-7-12;13-12(14)9-3-1-8(2-4-9)11-6-5-10-7-11;10-8-1-3-9(4-2-8)12-6-5-11-7-12;7-5-1-3-6(4-2-5)8(9)10;1-2-5-3-4-1/h1-7H;1-7H;1-7H,10H2;1-4H;1-3H,(H,4,5). The molecule has 0 aliphatic heterocycles. The number of rotatable bonds is 6. The van der Waals surface area contributed by atoms with E-state index in [-0.39, 0.29) is 16.3 Å². The van der Waals surface area contributed by atoms with Gasteiger partial charge in [-0.1, -0.05) is 0 Å². The topological polar surface area (TPSA) is 229 Å². The van der Waals surface area contributed by atoms with Crippen LogP contribution in [0, 0.1) is 26.0 Å². The zero-order valence-corrected chi connectivity index (χ0v) is 30.5. The number of halogens is 2. The van der Waals surface area contributed by atoms with Crippen LogP contribution < -0.4 is 5.73 Å². The van der Waals surface area contributed by atoms with Gasteiger partial charge in [-0.05, 0) is 72.8 Å². The van der Waals surface area contributed by atoms with Gasteiger partial charge in [0.1, 0.15) is 5.82 Å². The van der Waals surface area contributed by atoms with Crippen LogP contribution in [0.25, 0.3) is 17.1 Å². The Kier molecular flexibility index (Phi) is 15.2. The highest BCUT2D eigenvalue weighted by atomic mass is 35.7. The molecule has 0 saturated heterocycles. The number of non-ortho nitro benzene ring substituents is 2. The highest BCUT2D eigenvalue weighted by Gasteiger charge is 2.09. The molecule has 8 aromatic rings. The number of nitrogens with one attached hydrogen (secondary N) is 1. The van der Waals surface area contributed by atoms with Gasteiger partial charge >= 0.3 is 0 Å². The highest BCUT2D eigenvalue weighted by Crippen LogP contribution is 2.17. The monoisotopic (exact) mass is 799 g/mol.